The highest BCUT2D eigenvalue weighted by Crippen LogP contribution is 2.25. The minimum absolute atomic E-state index is 0.217. The molecule has 0 radical (unpaired) electrons. The van der Waals surface area contributed by atoms with E-state index >= 15 is 0 Å². The first-order valence-electron chi connectivity index (χ1n) is 9.90. The number of carbonyl (C=O) groups excluding carboxylic acids is 1. The SMILES string of the molecule is CCN(CC)c1ccc(N(C)C(=O)OCCS(=O)(=O)C/N=C\C=C/N(C)C)c(C)c1. The zero-order valence-electron chi connectivity index (χ0n) is 18.8. The number of rotatable bonds is 11. The third-order valence-electron chi connectivity index (χ3n) is 4.41. The number of ether oxygens (including phenoxy) is 1. The largest absolute Gasteiger partial charge is 0.448 e. The normalized spacial score (nSPS) is 11.8. The van der Waals surface area contributed by atoms with Gasteiger partial charge in [0.1, 0.15) is 12.5 Å². The summed E-state index contributed by atoms with van der Waals surface area (Å²) in [6, 6.07) is 5.86. The van der Waals surface area contributed by atoms with Gasteiger partial charge in [0.15, 0.2) is 9.84 Å². The second-order valence-electron chi connectivity index (χ2n) is 7.03. The van der Waals surface area contributed by atoms with E-state index in [0.717, 1.165) is 30.0 Å². The highest BCUT2D eigenvalue weighted by Gasteiger charge is 2.17. The summed E-state index contributed by atoms with van der Waals surface area (Å²) in [4.78, 5) is 21.6. The molecule has 1 aromatic rings. The molecule has 0 spiro atoms. The quantitative estimate of drug-likeness (QED) is 0.494. The Morgan fingerprint density at radius 2 is 1.83 bits per heavy atom. The van der Waals surface area contributed by atoms with E-state index < -0.39 is 15.9 Å². The maximum absolute atomic E-state index is 12.3. The first-order valence-corrected chi connectivity index (χ1v) is 11.7. The molecule has 0 saturated heterocycles. The van der Waals surface area contributed by atoms with Crippen molar-refractivity contribution in [2.45, 2.75) is 20.8 Å². The fraction of sp³-hybridized carbons (Fsp3) is 0.524. The van der Waals surface area contributed by atoms with Gasteiger partial charge in [0, 0.05) is 58.0 Å². The number of hydrogen-bond acceptors (Lipinski definition) is 7. The monoisotopic (exact) mass is 438 g/mol. The number of benzene rings is 1. The van der Waals surface area contributed by atoms with Crippen molar-refractivity contribution in [1.29, 1.82) is 0 Å². The van der Waals surface area contributed by atoms with Gasteiger partial charge in [-0.1, -0.05) is 0 Å². The highest BCUT2D eigenvalue weighted by atomic mass is 32.2. The Hall–Kier alpha value is -2.55. The van der Waals surface area contributed by atoms with Crippen molar-refractivity contribution in [3.05, 3.63) is 36.0 Å². The van der Waals surface area contributed by atoms with Gasteiger partial charge in [0.25, 0.3) is 0 Å². The van der Waals surface area contributed by atoms with Crippen molar-refractivity contribution < 1.29 is 17.9 Å². The molecule has 1 amide bonds. The number of hydrogen-bond donors (Lipinski definition) is 0. The predicted octanol–water partition coefficient (Wildman–Crippen LogP) is 2.93. The van der Waals surface area contributed by atoms with Crippen LogP contribution in [0.3, 0.4) is 0 Å². The molecule has 0 aliphatic heterocycles. The maximum atomic E-state index is 12.3. The summed E-state index contributed by atoms with van der Waals surface area (Å²) >= 11 is 0. The molecule has 0 aromatic heterocycles. The number of sulfone groups is 1. The van der Waals surface area contributed by atoms with Crippen LogP contribution in [0.25, 0.3) is 0 Å². The molecule has 1 rings (SSSR count). The summed E-state index contributed by atoms with van der Waals surface area (Å²) in [5.74, 6) is -0.620. The lowest BCUT2D eigenvalue weighted by atomic mass is 10.1. The van der Waals surface area contributed by atoms with Crippen LogP contribution in [0.15, 0.2) is 35.5 Å². The number of allylic oxidation sites excluding steroid dienone is 1. The minimum atomic E-state index is -3.44. The first kappa shape index (κ1) is 25.5. The van der Waals surface area contributed by atoms with Crippen LogP contribution in [-0.4, -0.2) is 78.1 Å². The van der Waals surface area contributed by atoms with E-state index in [1.807, 2.05) is 44.1 Å². The van der Waals surface area contributed by atoms with Gasteiger partial charge < -0.3 is 14.5 Å². The van der Waals surface area contributed by atoms with Crippen LogP contribution in [0.5, 0.6) is 0 Å². The fourth-order valence-corrected chi connectivity index (χ4v) is 3.52. The zero-order chi connectivity index (χ0) is 22.7. The minimum Gasteiger partial charge on any atom is -0.448 e. The van der Waals surface area contributed by atoms with Crippen LogP contribution in [-0.2, 0) is 14.6 Å². The second-order valence-corrected chi connectivity index (χ2v) is 9.18. The molecule has 0 heterocycles. The molecule has 30 heavy (non-hydrogen) atoms. The van der Waals surface area contributed by atoms with Gasteiger partial charge in [-0.15, -0.1) is 0 Å². The Morgan fingerprint density at radius 1 is 1.17 bits per heavy atom. The predicted molar refractivity (Wildman–Crippen MR) is 124 cm³/mol. The topological polar surface area (TPSA) is 82.5 Å². The van der Waals surface area contributed by atoms with E-state index in [4.69, 9.17) is 4.74 Å². The van der Waals surface area contributed by atoms with Gasteiger partial charge in [-0.05, 0) is 50.6 Å². The molecule has 0 aliphatic carbocycles. The first-order chi connectivity index (χ1) is 14.1. The third-order valence-corrected chi connectivity index (χ3v) is 5.74. The highest BCUT2D eigenvalue weighted by molar-refractivity contribution is 7.91. The van der Waals surface area contributed by atoms with Crippen LogP contribution >= 0.6 is 0 Å². The Kier molecular flexibility index (Phi) is 10.4. The van der Waals surface area contributed by atoms with Crippen molar-refractivity contribution in [3.63, 3.8) is 0 Å². The van der Waals surface area contributed by atoms with Crippen LogP contribution < -0.4 is 9.80 Å². The van der Waals surface area contributed by atoms with Gasteiger partial charge in [-0.3, -0.25) is 9.89 Å². The summed E-state index contributed by atoms with van der Waals surface area (Å²) < 4.78 is 29.2. The van der Waals surface area contributed by atoms with Crippen molar-refractivity contribution in [2.75, 3.05) is 62.3 Å². The fourth-order valence-electron chi connectivity index (χ4n) is 2.75. The Labute approximate surface area is 180 Å². The van der Waals surface area contributed by atoms with E-state index in [9.17, 15) is 13.2 Å². The van der Waals surface area contributed by atoms with Crippen LogP contribution in [0.4, 0.5) is 16.2 Å². The van der Waals surface area contributed by atoms with Gasteiger partial charge in [-0.25, -0.2) is 13.2 Å². The van der Waals surface area contributed by atoms with Crippen LogP contribution in [0.2, 0.25) is 0 Å². The Balaban J connectivity index is 2.60. The molecule has 0 saturated carbocycles. The number of carbonyl (C=O) groups is 1. The maximum Gasteiger partial charge on any atom is 0.414 e. The number of aryl methyl sites for hydroxylation is 1. The third kappa shape index (κ3) is 8.44. The van der Waals surface area contributed by atoms with Crippen molar-refractivity contribution in [2.24, 2.45) is 4.99 Å². The van der Waals surface area contributed by atoms with Gasteiger partial charge >= 0.3 is 6.09 Å². The molecular weight excluding hydrogens is 404 g/mol. The molecule has 0 aliphatic rings. The summed E-state index contributed by atoms with van der Waals surface area (Å²) in [6.45, 7) is 7.70. The lowest BCUT2D eigenvalue weighted by Crippen LogP contribution is -2.30. The van der Waals surface area contributed by atoms with Crippen LogP contribution in [0.1, 0.15) is 19.4 Å². The van der Waals surface area contributed by atoms with Gasteiger partial charge in [-0.2, -0.15) is 0 Å². The molecule has 0 atom stereocenters. The number of amides is 1. The molecule has 1 aromatic carbocycles. The van der Waals surface area contributed by atoms with Crippen molar-refractivity contribution in [1.82, 2.24) is 4.90 Å². The smallest absolute Gasteiger partial charge is 0.414 e. The Morgan fingerprint density at radius 3 is 2.40 bits per heavy atom. The molecule has 0 N–H and O–H groups in total. The zero-order valence-corrected chi connectivity index (χ0v) is 19.6. The second kappa shape index (κ2) is 12.2. The average Bonchev–Trinajstić information content (AvgIpc) is 2.67. The van der Waals surface area contributed by atoms with Crippen molar-refractivity contribution >= 4 is 33.5 Å². The summed E-state index contributed by atoms with van der Waals surface area (Å²) in [6.07, 6.45) is 4.24. The lowest BCUT2D eigenvalue weighted by Gasteiger charge is -2.24. The summed E-state index contributed by atoms with van der Waals surface area (Å²) in [7, 11) is 1.87. The molecule has 0 fully saturated rings. The molecule has 8 nitrogen and oxygen atoms in total. The summed E-state index contributed by atoms with van der Waals surface area (Å²) in [5, 5.41) is 0. The number of nitrogens with zero attached hydrogens (tertiary/aromatic N) is 4. The number of aliphatic imine (C=N–C) groups is 1. The molecule has 168 valence electrons. The van der Waals surface area contributed by atoms with E-state index in [0.29, 0.717) is 0 Å². The number of anilines is 2. The van der Waals surface area contributed by atoms with E-state index in [1.165, 1.54) is 11.1 Å². The van der Waals surface area contributed by atoms with Gasteiger partial charge in [0.05, 0.1) is 5.75 Å². The summed E-state index contributed by atoms with van der Waals surface area (Å²) in [5.41, 5.74) is 2.75. The van der Waals surface area contributed by atoms with Crippen molar-refractivity contribution in [3.8, 4) is 0 Å². The molecular formula is C21H34N4O4S. The van der Waals surface area contributed by atoms with Gasteiger partial charge in [0.2, 0.25) is 0 Å². The lowest BCUT2D eigenvalue weighted by molar-refractivity contribution is 0.162. The van der Waals surface area contributed by atoms with E-state index in [2.05, 4.69) is 23.7 Å². The average molecular weight is 439 g/mol. The Bertz CT molecular complexity index is 847. The molecule has 0 bridgehead atoms. The molecule has 0 unspecified atom stereocenters. The van der Waals surface area contributed by atoms with E-state index in [1.54, 1.807) is 19.3 Å². The van der Waals surface area contributed by atoms with E-state index in [-0.39, 0.29) is 18.2 Å². The van der Waals surface area contributed by atoms with Crippen LogP contribution in [0, 0.1) is 6.92 Å². The molecule has 9 heteroatoms. The standard InChI is InChI=1S/C21H34N4O4S/c1-7-25(8-2)19-10-11-20(18(3)16-19)24(6)21(26)29-14-15-30(27,28)17-22-12-9-13-23(4)5/h9-13,16H,7-8,14-15,17H2,1-6H3/b13-9-,22-12-.